The summed E-state index contributed by atoms with van der Waals surface area (Å²) in [5.41, 5.74) is 1.49. The molecule has 0 heterocycles. The summed E-state index contributed by atoms with van der Waals surface area (Å²) in [6, 6.07) is 0. The lowest BCUT2D eigenvalue weighted by molar-refractivity contribution is 0.175. The fourth-order valence-electron chi connectivity index (χ4n) is 1.64. The predicted octanol–water partition coefficient (Wildman–Crippen LogP) is 3.10. The molecule has 0 spiro atoms. The van der Waals surface area contributed by atoms with Gasteiger partial charge in [-0.25, -0.2) is 0 Å². The van der Waals surface area contributed by atoms with Gasteiger partial charge in [0, 0.05) is 13.7 Å². The van der Waals surface area contributed by atoms with Gasteiger partial charge in [-0.3, -0.25) is 0 Å². The molecule has 0 bridgehead atoms. The summed E-state index contributed by atoms with van der Waals surface area (Å²) in [5, 5.41) is 3.50. The van der Waals surface area contributed by atoms with Gasteiger partial charge in [0.2, 0.25) is 0 Å². The number of hydrogen-bond donors (Lipinski definition) is 1. The van der Waals surface area contributed by atoms with E-state index in [0.717, 1.165) is 19.7 Å². The maximum atomic E-state index is 5.16. The molecule has 1 N–H and O–H groups in total. The highest BCUT2D eigenvalue weighted by Gasteiger charge is 2.06. The van der Waals surface area contributed by atoms with Gasteiger partial charge in [-0.1, -0.05) is 46.3 Å². The van der Waals surface area contributed by atoms with Crippen LogP contribution in [0.25, 0.3) is 0 Å². The minimum atomic E-state index is 0.503. The highest BCUT2D eigenvalue weighted by atomic mass is 16.5. The van der Waals surface area contributed by atoms with Crippen LogP contribution in [0, 0.1) is 17.8 Å². The van der Waals surface area contributed by atoms with Crippen LogP contribution in [0.1, 0.15) is 34.6 Å². The van der Waals surface area contributed by atoms with Gasteiger partial charge in [-0.05, 0) is 24.3 Å². The van der Waals surface area contributed by atoms with Crippen molar-refractivity contribution in [3.63, 3.8) is 0 Å². The minimum Gasteiger partial charge on any atom is -0.384 e. The van der Waals surface area contributed by atoms with Crippen molar-refractivity contribution in [2.75, 3.05) is 26.8 Å². The summed E-state index contributed by atoms with van der Waals surface area (Å²) in [5.74, 6) is 1.83. The second kappa shape index (κ2) is 8.77. The van der Waals surface area contributed by atoms with Crippen molar-refractivity contribution in [3.8, 4) is 0 Å². The zero-order valence-electron chi connectivity index (χ0n) is 11.8. The standard InChI is InChI=1S/C14H29NO/c1-11(2)8-15-9-14(12(3)4)7-13(5)10-16-6/h7,11-13,15H,8-10H2,1-6H3/b14-7-. The quantitative estimate of drug-likeness (QED) is 0.643. The molecule has 0 saturated carbocycles. The third kappa shape index (κ3) is 7.89. The molecule has 1 atom stereocenters. The Kier molecular flexibility index (Phi) is 8.58. The normalized spacial score (nSPS) is 14.9. The molecule has 2 heteroatoms. The lowest BCUT2D eigenvalue weighted by atomic mass is 9.98. The van der Waals surface area contributed by atoms with Crippen LogP contribution in [-0.4, -0.2) is 26.8 Å². The minimum absolute atomic E-state index is 0.503. The van der Waals surface area contributed by atoms with Gasteiger partial charge < -0.3 is 10.1 Å². The summed E-state index contributed by atoms with van der Waals surface area (Å²) >= 11 is 0. The molecule has 0 rings (SSSR count). The third-order valence-corrected chi connectivity index (χ3v) is 2.55. The Morgan fingerprint density at radius 1 is 1.19 bits per heavy atom. The fourth-order valence-corrected chi connectivity index (χ4v) is 1.64. The van der Waals surface area contributed by atoms with Gasteiger partial charge in [0.05, 0.1) is 6.61 Å². The average molecular weight is 227 g/mol. The zero-order chi connectivity index (χ0) is 12.6. The van der Waals surface area contributed by atoms with Crippen LogP contribution in [0.4, 0.5) is 0 Å². The molecule has 0 saturated heterocycles. The molecule has 0 aromatic rings. The fraction of sp³-hybridized carbons (Fsp3) is 0.857. The molecule has 16 heavy (non-hydrogen) atoms. The number of hydrogen-bond acceptors (Lipinski definition) is 2. The van der Waals surface area contributed by atoms with E-state index in [1.165, 1.54) is 5.57 Å². The molecule has 0 amide bonds. The highest BCUT2D eigenvalue weighted by molar-refractivity contribution is 5.08. The van der Waals surface area contributed by atoms with Gasteiger partial charge in [0.1, 0.15) is 0 Å². The van der Waals surface area contributed by atoms with Crippen LogP contribution in [0.5, 0.6) is 0 Å². The first kappa shape index (κ1) is 15.7. The van der Waals surface area contributed by atoms with E-state index in [4.69, 9.17) is 4.74 Å². The molecule has 96 valence electrons. The first-order chi connectivity index (χ1) is 7.47. The van der Waals surface area contributed by atoms with E-state index in [2.05, 4.69) is 46.0 Å². The van der Waals surface area contributed by atoms with E-state index in [1.807, 2.05) is 0 Å². The first-order valence-corrected chi connectivity index (χ1v) is 6.37. The van der Waals surface area contributed by atoms with Crippen LogP contribution >= 0.6 is 0 Å². The van der Waals surface area contributed by atoms with Gasteiger partial charge >= 0.3 is 0 Å². The lowest BCUT2D eigenvalue weighted by Gasteiger charge is -2.16. The van der Waals surface area contributed by atoms with E-state index in [1.54, 1.807) is 7.11 Å². The number of ether oxygens (including phenoxy) is 1. The largest absolute Gasteiger partial charge is 0.384 e. The summed E-state index contributed by atoms with van der Waals surface area (Å²) < 4.78 is 5.16. The topological polar surface area (TPSA) is 21.3 Å². The van der Waals surface area contributed by atoms with E-state index in [-0.39, 0.29) is 0 Å². The van der Waals surface area contributed by atoms with Crippen molar-refractivity contribution < 1.29 is 4.74 Å². The molecule has 0 aliphatic carbocycles. The van der Waals surface area contributed by atoms with Crippen LogP contribution in [0.2, 0.25) is 0 Å². The second-order valence-electron chi connectivity index (χ2n) is 5.35. The van der Waals surface area contributed by atoms with Crippen LogP contribution in [0.15, 0.2) is 11.6 Å². The number of rotatable bonds is 8. The van der Waals surface area contributed by atoms with E-state index in [9.17, 15) is 0 Å². The Hall–Kier alpha value is -0.340. The Labute approximate surface area is 101 Å². The monoisotopic (exact) mass is 227 g/mol. The van der Waals surface area contributed by atoms with Crippen LogP contribution < -0.4 is 5.32 Å². The molecule has 0 radical (unpaired) electrons. The van der Waals surface area contributed by atoms with E-state index >= 15 is 0 Å². The highest BCUT2D eigenvalue weighted by Crippen LogP contribution is 2.12. The Morgan fingerprint density at radius 2 is 1.81 bits per heavy atom. The van der Waals surface area contributed by atoms with Crippen LogP contribution in [-0.2, 0) is 4.74 Å². The Bertz CT molecular complexity index is 197. The maximum absolute atomic E-state index is 5.16. The SMILES string of the molecule is COCC(C)/C=C(/CNCC(C)C)C(C)C. The molecule has 0 aromatic carbocycles. The molecular weight excluding hydrogens is 198 g/mol. The third-order valence-electron chi connectivity index (χ3n) is 2.55. The van der Waals surface area contributed by atoms with Gasteiger partial charge in [0.15, 0.2) is 0 Å². The van der Waals surface area contributed by atoms with Gasteiger partial charge in [-0.2, -0.15) is 0 Å². The molecule has 1 unspecified atom stereocenters. The molecule has 0 aliphatic rings. The summed E-state index contributed by atoms with van der Waals surface area (Å²) in [6.07, 6.45) is 2.35. The van der Waals surface area contributed by atoms with Crippen molar-refractivity contribution in [1.82, 2.24) is 5.32 Å². The zero-order valence-corrected chi connectivity index (χ0v) is 11.8. The summed E-state index contributed by atoms with van der Waals surface area (Å²) in [7, 11) is 1.76. The van der Waals surface area contributed by atoms with Crippen molar-refractivity contribution in [1.29, 1.82) is 0 Å². The Balaban J connectivity index is 4.15. The summed E-state index contributed by atoms with van der Waals surface area (Å²) in [6.45, 7) is 14.1. The van der Waals surface area contributed by atoms with Crippen molar-refractivity contribution in [2.24, 2.45) is 17.8 Å². The van der Waals surface area contributed by atoms with Crippen LogP contribution in [0.3, 0.4) is 0 Å². The van der Waals surface area contributed by atoms with Crippen molar-refractivity contribution in [3.05, 3.63) is 11.6 Å². The molecule has 0 aliphatic heterocycles. The molecule has 0 fully saturated rings. The Morgan fingerprint density at radius 3 is 2.25 bits per heavy atom. The number of nitrogens with one attached hydrogen (secondary N) is 1. The first-order valence-electron chi connectivity index (χ1n) is 6.37. The van der Waals surface area contributed by atoms with Gasteiger partial charge in [-0.15, -0.1) is 0 Å². The number of methoxy groups -OCH3 is 1. The molecule has 0 aromatic heterocycles. The predicted molar refractivity (Wildman–Crippen MR) is 71.7 cm³/mol. The van der Waals surface area contributed by atoms with Crippen molar-refractivity contribution >= 4 is 0 Å². The second-order valence-corrected chi connectivity index (χ2v) is 5.35. The summed E-state index contributed by atoms with van der Waals surface area (Å²) in [4.78, 5) is 0. The lowest BCUT2D eigenvalue weighted by Crippen LogP contribution is -2.24. The van der Waals surface area contributed by atoms with E-state index < -0.39 is 0 Å². The molecule has 2 nitrogen and oxygen atoms in total. The van der Waals surface area contributed by atoms with Gasteiger partial charge in [0.25, 0.3) is 0 Å². The van der Waals surface area contributed by atoms with E-state index in [0.29, 0.717) is 17.8 Å². The maximum Gasteiger partial charge on any atom is 0.0522 e. The van der Waals surface area contributed by atoms with Crippen molar-refractivity contribution in [2.45, 2.75) is 34.6 Å². The molecular formula is C14H29NO. The smallest absolute Gasteiger partial charge is 0.0522 e. The average Bonchev–Trinajstić information content (AvgIpc) is 2.15.